The van der Waals surface area contributed by atoms with Crippen LogP contribution in [0.25, 0.3) is 0 Å². The Kier molecular flexibility index (Phi) is 5.20. The molecular weight excluding hydrogens is 272 g/mol. The van der Waals surface area contributed by atoms with Gasteiger partial charge in [-0.2, -0.15) is 0 Å². The van der Waals surface area contributed by atoms with E-state index in [2.05, 4.69) is 10.6 Å². The molecule has 6 heteroatoms. The van der Waals surface area contributed by atoms with Crippen LogP contribution < -0.4 is 10.6 Å². The average molecular weight is 296 g/mol. The monoisotopic (exact) mass is 296 g/mol. The number of ether oxygens (including phenoxy) is 1. The van der Waals surface area contributed by atoms with Crippen molar-refractivity contribution in [2.45, 2.75) is 52.0 Å². The van der Waals surface area contributed by atoms with Gasteiger partial charge >= 0.3 is 12.0 Å². The van der Waals surface area contributed by atoms with Gasteiger partial charge in [-0.15, -0.1) is 0 Å². The molecule has 3 unspecified atom stereocenters. The molecular formula is C15H24N2O4. The second-order valence-electron chi connectivity index (χ2n) is 6.48. The Balaban J connectivity index is 1.62. The summed E-state index contributed by atoms with van der Waals surface area (Å²) in [4.78, 5) is 34.5. The van der Waals surface area contributed by atoms with Gasteiger partial charge in [-0.25, -0.2) is 4.79 Å². The van der Waals surface area contributed by atoms with Gasteiger partial charge < -0.3 is 10.1 Å². The van der Waals surface area contributed by atoms with E-state index in [0.717, 1.165) is 12.3 Å². The summed E-state index contributed by atoms with van der Waals surface area (Å²) in [5, 5.41) is 4.65. The molecule has 3 atom stereocenters. The van der Waals surface area contributed by atoms with Crippen molar-refractivity contribution in [3.63, 3.8) is 0 Å². The van der Waals surface area contributed by atoms with Crippen LogP contribution in [0.1, 0.15) is 46.0 Å². The number of fused-ring (bicyclic) bond motifs is 2. The molecule has 2 saturated carbocycles. The number of imide groups is 1. The standard InChI is InChI=1S/C15H24N2O4/c1-9(2)16-15(20)17-13(18)8-21-14(19)7-12-6-10-3-4-11(12)5-10/h9-12H,3-8H2,1-2H3,(H2,16,17,18,20). The molecule has 3 amide bonds. The van der Waals surface area contributed by atoms with E-state index < -0.39 is 18.5 Å². The fourth-order valence-corrected chi connectivity index (χ4v) is 3.51. The van der Waals surface area contributed by atoms with Crippen LogP contribution in [0, 0.1) is 17.8 Å². The quantitative estimate of drug-likeness (QED) is 0.755. The topological polar surface area (TPSA) is 84.5 Å². The van der Waals surface area contributed by atoms with Crippen LogP contribution in [-0.2, 0) is 14.3 Å². The van der Waals surface area contributed by atoms with Crippen LogP contribution in [0.15, 0.2) is 0 Å². The summed E-state index contributed by atoms with van der Waals surface area (Å²) in [5.41, 5.74) is 0. The largest absolute Gasteiger partial charge is 0.456 e. The fourth-order valence-electron chi connectivity index (χ4n) is 3.51. The third-order valence-electron chi connectivity index (χ3n) is 4.35. The van der Waals surface area contributed by atoms with Gasteiger partial charge in [0.1, 0.15) is 0 Å². The number of amides is 3. The van der Waals surface area contributed by atoms with Crippen molar-refractivity contribution in [2.24, 2.45) is 17.8 Å². The summed E-state index contributed by atoms with van der Waals surface area (Å²) in [5.74, 6) is 0.925. The predicted molar refractivity (Wildman–Crippen MR) is 76.3 cm³/mol. The van der Waals surface area contributed by atoms with E-state index in [0.29, 0.717) is 18.3 Å². The highest BCUT2D eigenvalue weighted by atomic mass is 16.5. The van der Waals surface area contributed by atoms with Gasteiger partial charge in [0.15, 0.2) is 6.61 Å². The Morgan fingerprint density at radius 3 is 2.52 bits per heavy atom. The molecule has 6 nitrogen and oxygen atoms in total. The number of esters is 1. The molecule has 0 radical (unpaired) electrons. The molecule has 21 heavy (non-hydrogen) atoms. The molecule has 0 aromatic carbocycles. The molecule has 2 rings (SSSR count). The summed E-state index contributed by atoms with van der Waals surface area (Å²) in [6.45, 7) is 3.18. The molecule has 0 aliphatic heterocycles. The van der Waals surface area contributed by atoms with Crippen LogP contribution in [0.4, 0.5) is 4.79 Å². The number of nitrogens with one attached hydrogen (secondary N) is 2. The lowest BCUT2D eigenvalue weighted by atomic mass is 9.86. The van der Waals surface area contributed by atoms with Gasteiger partial charge in [0, 0.05) is 12.5 Å². The maximum Gasteiger partial charge on any atom is 0.321 e. The molecule has 2 N–H and O–H groups in total. The number of urea groups is 1. The lowest BCUT2D eigenvalue weighted by Crippen LogP contribution is -2.44. The molecule has 0 aromatic heterocycles. The van der Waals surface area contributed by atoms with Crippen molar-refractivity contribution in [1.82, 2.24) is 10.6 Å². The van der Waals surface area contributed by atoms with E-state index in [9.17, 15) is 14.4 Å². The normalized spacial score (nSPS) is 26.7. The Bertz CT molecular complexity index is 422. The zero-order chi connectivity index (χ0) is 15.4. The summed E-state index contributed by atoms with van der Waals surface area (Å²) in [6.07, 6.45) is 5.27. The number of rotatable bonds is 5. The molecule has 2 fully saturated rings. The van der Waals surface area contributed by atoms with E-state index >= 15 is 0 Å². The first kappa shape index (κ1) is 15.8. The van der Waals surface area contributed by atoms with Crippen molar-refractivity contribution in [3.8, 4) is 0 Å². The number of carbonyl (C=O) groups is 3. The number of hydrogen-bond acceptors (Lipinski definition) is 4. The Morgan fingerprint density at radius 2 is 1.95 bits per heavy atom. The van der Waals surface area contributed by atoms with E-state index in [-0.39, 0.29) is 12.0 Å². The predicted octanol–water partition coefficient (Wildman–Crippen LogP) is 1.59. The van der Waals surface area contributed by atoms with Crippen molar-refractivity contribution < 1.29 is 19.1 Å². The molecule has 0 heterocycles. The minimum Gasteiger partial charge on any atom is -0.456 e. The molecule has 2 aliphatic rings. The second-order valence-corrected chi connectivity index (χ2v) is 6.48. The first-order valence-electron chi connectivity index (χ1n) is 7.70. The van der Waals surface area contributed by atoms with Crippen molar-refractivity contribution in [1.29, 1.82) is 0 Å². The zero-order valence-corrected chi connectivity index (χ0v) is 12.7. The lowest BCUT2D eigenvalue weighted by Gasteiger charge is -2.20. The molecule has 2 bridgehead atoms. The molecule has 0 saturated heterocycles. The summed E-state index contributed by atoms with van der Waals surface area (Å²) < 4.78 is 4.95. The maximum absolute atomic E-state index is 11.7. The van der Waals surface area contributed by atoms with E-state index in [1.54, 1.807) is 13.8 Å². The van der Waals surface area contributed by atoms with Gasteiger partial charge in [-0.3, -0.25) is 14.9 Å². The molecule has 0 aromatic rings. The number of carbonyl (C=O) groups excluding carboxylic acids is 3. The van der Waals surface area contributed by atoms with Crippen LogP contribution in [0.3, 0.4) is 0 Å². The van der Waals surface area contributed by atoms with Crippen LogP contribution in [-0.4, -0.2) is 30.6 Å². The number of hydrogen-bond donors (Lipinski definition) is 2. The van der Waals surface area contributed by atoms with Crippen molar-refractivity contribution in [3.05, 3.63) is 0 Å². The minimum absolute atomic E-state index is 0.0573. The zero-order valence-electron chi connectivity index (χ0n) is 12.7. The first-order chi connectivity index (χ1) is 9.94. The van der Waals surface area contributed by atoms with Gasteiger partial charge in [-0.1, -0.05) is 6.42 Å². The smallest absolute Gasteiger partial charge is 0.321 e. The SMILES string of the molecule is CC(C)NC(=O)NC(=O)COC(=O)CC1CC2CCC1C2. The van der Waals surface area contributed by atoms with Gasteiger partial charge in [0.2, 0.25) is 0 Å². The molecule has 2 aliphatic carbocycles. The Morgan fingerprint density at radius 1 is 1.19 bits per heavy atom. The van der Waals surface area contributed by atoms with Crippen LogP contribution in [0.2, 0.25) is 0 Å². The van der Waals surface area contributed by atoms with E-state index in [1.807, 2.05) is 0 Å². The highest BCUT2D eigenvalue weighted by Crippen LogP contribution is 2.49. The summed E-state index contributed by atoms with van der Waals surface area (Å²) in [7, 11) is 0. The highest BCUT2D eigenvalue weighted by molar-refractivity contribution is 5.95. The van der Waals surface area contributed by atoms with Gasteiger partial charge in [0.25, 0.3) is 5.91 Å². The van der Waals surface area contributed by atoms with E-state index in [4.69, 9.17) is 4.74 Å². The summed E-state index contributed by atoms with van der Waals surface area (Å²) in [6, 6.07) is -0.628. The van der Waals surface area contributed by atoms with Gasteiger partial charge in [0.05, 0.1) is 0 Å². The average Bonchev–Trinajstić information content (AvgIpc) is 2.97. The Labute approximate surface area is 125 Å². The second kappa shape index (κ2) is 6.91. The lowest BCUT2D eigenvalue weighted by molar-refractivity contribution is -0.149. The fraction of sp³-hybridized carbons (Fsp3) is 0.800. The Hall–Kier alpha value is -1.59. The highest BCUT2D eigenvalue weighted by Gasteiger charge is 2.40. The minimum atomic E-state index is -0.602. The summed E-state index contributed by atoms with van der Waals surface area (Å²) >= 11 is 0. The molecule has 0 spiro atoms. The van der Waals surface area contributed by atoms with Crippen molar-refractivity contribution in [2.75, 3.05) is 6.61 Å². The van der Waals surface area contributed by atoms with Crippen LogP contribution in [0.5, 0.6) is 0 Å². The van der Waals surface area contributed by atoms with Crippen molar-refractivity contribution >= 4 is 17.9 Å². The van der Waals surface area contributed by atoms with Gasteiger partial charge in [-0.05, 0) is 50.9 Å². The maximum atomic E-state index is 11.7. The first-order valence-corrected chi connectivity index (χ1v) is 7.70. The molecule has 118 valence electrons. The van der Waals surface area contributed by atoms with E-state index in [1.165, 1.54) is 19.3 Å². The third-order valence-corrected chi connectivity index (χ3v) is 4.35. The van der Waals surface area contributed by atoms with Crippen LogP contribution >= 0.6 is 0 Å². The third kappa shape index (κ3) is 4.72.